The van der Waals surface area contributed by atoms with Crippen molar-refractivity contribution in [2.24, 2.45) is 0 Å². The minimum atomic E-state index is 0.0612. The Morgan fingerprint density at radius 2 is 1.72 bits per heavy atom. The number of rotatable bonds is 0. The highest BCUT2D eigenvalue weighted by molar-refractivity contribution is 5.59. The van der Waals surface area contributed by atoms with Gasteiger partial charge in [0.25, 0.3) is 0 Å². The molecule has 0 atom stereocenters. The third kappa shape index (κ3) is 1.10. The van der Waals surface area contributed by atoms with Crippen molar-refractivity contribution in [3.05, 3.63) is 38.4 Å². The van der Waals surface area contributed by atoms with Crippen LogP contribution in [0.25, 0.3) is 5.65 Å². The van der Waals surface area contributed by atoms with E-state index in [-0.39, 0.29) is 5.56 Å². The first kappa shape index (κ1) is 11.3. The first-order valence-corrected chi connectivity index (χ1v) is 6.13. The fourth-order valence-corrected chi connectivity index (χ4v) is 2.67. The highest BCUT2D eigenvalue weighted by atomic mass is 16.5. The lowest BCUT2D eigenvalue weighted by atomic mass is 10.1. The van der Waals surface area contributed by atoms with Gasteiger partial charge in [-0.05, 0) is 40.2 Å². The molecule has 4 nitrogen and oxygen atoms in total. The Morgan fingerprint density at radius 1 is 1.06 bits per heavy atom. The molecular formula is C14H17N2O2+. The maximum Gasteiger partial charge on any atom is 0.345 e. The highest BCUT2D eigenvalue weighted by Crippen LogP contribution is 2.30. The quantitative estimate of drug-likeness (QED) is 0.659. The smallest absolute Gasteiger partial charge is 0.345 e. The molecule has 0 unspecified atom stereocenters. The molecule has 2 aromatic heterocycles. The minimum absolute atomic E-state index is 0.0612. The average Bonchev–Trinajstić information content (AvgIpc) is 2.78. The number of hydrogen-bond acceptors (Lipinski definition) is 2. The van der Waals surface area contributed by atoms with E-state index in [1.807, 2.05) is 34.6 Å². The van der Waals surface area contributed by atoms with E-state index in [1.165, 1.54) is 0 Å². The van der Waals surface area contributed by atoms with Crippen LogP contribution in [0.5, 0.6) is 5.75 Å². The van der Waals surface area contributed by atoms with Crippen LogP contribution in [0.1, 0.15) is 28.1 Å². The van der Waals surface area contributed by atoms with Crippen LogP contribution in [0.15, 0.2) is 4.79 Å². The number of hydrogen-bond donors (Lipinski definition) is 0. The fraction of sp³-hybridized carbons (Fsp3) is 0.429. The summed E-state index contributed by atoms with van der Waals surface area (Å²) < 4.78 is 9.63. The first-order chi connectivity index (χ1) is 8.45. The maximum atomic E-state index is 12.5. The van der Waals surface area contributed by atoms with Gasteiger partial charge in [-0.2, -0.15) is 8.97 Å². The van der Waals surface area contributed by atoms with Gasteiger partial charge < -0.3 is 4.74 Å². The molecule has 0 saturated heterocycles. The van der Waals surface area contributed by atoms with Gasteiger partial charge in [0.1, 0.15) is 11.4 Å². The van der Waals surface area contributed by atoms with Crippen molar-refractivity contribution in [2.45, 2.75) is 41.3 Å². The van der Waals surface area contributed by atoms with Gasteiger partial charge in [0.05, 0.1) is 5.56 Å². The van der Waals surface area contributed by atoms with Gasteiger partial charge in [-0.15, -0.1) is 0 Å². The molecule has 0 fully saturated rings. The zero-order valence-corrected chi connectivity index (χ0v) is 11.4. The van der Waals surface area contributed by atoms with E-state index in [1.54, 1.807) is 4.40 Å². The summed E-state index contributed by atoms with van der Waals surface area (Å²) >= 11 is 0. The van der Waals surface area contributed by atoms with E-state index >= 15 is 0 Å². The molecule has 0 saturated carbocycles. The summed E-state index contributed by atoms with van der Waals surface area (Å²) in [7, 11) is 0. The van der Waals surface area contributed by atoms with Gasteiger partial charge in [0, 0.05) is 5.56 Å². The van der Waals surface area contributed by atoms with Gasteiger partial charge in [-0.25, -0.2) is 4.79 Å². The molecule has 0 aromatic carbocycles. The van der Waals surface area contributed by atoms with Gasteiger partial charge in [-0.1, -0.05) is 0 Å². The van der Waals surface area contributed by atoms with Crippen LogP contribution in [0, 0.1) is 34.6 Å². The van der Waals surface area contributed by atoms with E-state index in [9.17, 15) is 4.79 Å². The minimum Gasteiger partial charge on any atom is -0.445 e. The van der Waals surface area contributed by atoms with Gasteiger partial charge in [0.2, 0.25) is 12.5 Å². The molecule has 0 N–H and O–H groups in total. The monoisotopic (exact) mass is 245 g/mol. The average molecular weight is 245 g/mol. The van der Waals surface area contributed by atoms with Gasteiger partial charge >= 0.3 is 11.2 Å². The topological polar surface area (TPSA) is 34.6 Å². The van der Waals surface area contributed by atoms with Gasteiger partial charge in [0.15, 0.2) is 0 Å². The second-order valence-corrected chi connectivity index (χ2v) is 5.04. The molecule has 1 aliphatic heterocycles. The van der Waals surface area contributed by atoms with Crippen LogP contribution >= 0.6 is 0 Å². The molecule has 18 heavy (non-hydrogen) atoms. The Morgan fingerprint density at radius 3 is 2.39 bits per heavy atom. The lowest BCUT2D eigenvalue weighted by Gasteiger charge is -2.08. The molecule has 4 heteroatoms. The van der Waals surface area contributed by atoms with Crippen molar-refractivity contribution < 1.29 is 9.30 Å². The van der Waals surface area contributed by atoms with Crippen LogP contribution in [-0.2, 0) is 6.73 Å². The molecule has 0 bridgehead atoms. The van der Waals surface area contributed by atoms with Gasteiger partial charge in [-0.3, -0.25) is 0 Å². The molecular weight excluding hydrogens is 228 g/mol. The Hall–Kier alpha value is -1.84. The summed E-state index contributed by atoms with van der Waals surface area (Å²) in [6.07, 6.45) is 0. The van der Waals surface area contributed by atoms with Crippen LogP contribution in [0.2, 0.25) is 0 Å². The molecule has 0 radical (unpaired) electrons. The molecule has 0 amide bonds. The fourth-order valence-electron chi connectivity index (χ4n) is 2.67. The predicted octanol–water partition coefficient (Wildman–Crippen LogP) is 1.48. The van der Waals surface area contributed by atoms with Crippen LogP contribution in [-0.4, -0.2) is 4.40 Å². The van der Waals surface area contributed by atoms with E-state index in [0.29, 0.717) is 6.73 Å². The second kappa shape index (κ2) is 3.34. The number of nitrogens with zero attached hydrogens (tertiary/aromatic N) is 2. The summed E-state index contributed by atoms with van der Waals surface area (Å²) in [4.78, 5) is 12.5. The molecule has 2 aromatic rings. The maximum absolute atomic E-state index is 12.5. The molecule has 94 valence electrons. The zero-order valence-electron chi connectivity index (χ0n) is 11.4. The standard InChI is InChI=1S/C14H17N2O2/c1-7-8(2)12-13-15(6-18-12)10(4)9(3)14(17)16(13)11(7)5/h6H2,1-5H3/q+1. The normalized spacial score (nSPS) is 13.2. The van der Waals surface area contributed by atoms with E-state index in [4.69, 9.17) is 4.74 Å². The molecule has 0 spiro atoms. The van der Waals surface area contributed by atoms with Crippen molar-refractivity contribution in [3.63, 3.8) is 0 Å². The predicted molar refractivity (Wildman–Crippen MR) is 68.2 cm³/mol. The third-order valence-corrected chi connectivity index (χ3v) is 4.26. The zero-order chi connectivity index (χ0) is 13.2. The number of ether oxygens (including phenoxy) is 1. The Balaban J connectivity index is 2.72. The largest absolute Gasteiger partial charge is 0.445 e. The van der Waals surface area contributed by atoms with Crippen molar-refractivity contribution in [1.82, 2.24) is 4.40 Å². The van der Waals surface area contributed by atoms with Crippen molar-refractivity contribution in [3.8, 4) is 5.75 Å². The summed E-state index contributed by atoms with van der Waals surface area (Å²) in [5.41, 5.74) is 5.97. The molecule has 3 rings (SSSR count). The third-order valence-electron chi connectivity index (χ3n) is 4.26. The van der Waals surface area contributed by atoms with Crippen LogP contribution in [0.4, 0.5) is 0 Å². The lowest BCUT2D eigenvalue weighted by Crippen LogP contribution is -2.42. The van der Waals surface area contributed by atoms with E-state index < -0.39 is 0 Å². The molecule has 3 heterocycles. The van der Waals surface area contributed by atoms with E-state index in [2.05, 4.69) is 4.57 Å². The van der Waals surface area contributed by atoms with Crippen molar-refractivity contribution in [2.75, 3.05) is 0 Å². The first-order valence-electron chi connectivity index (χ1n) is 6.13. The number of aromatic nitrogens is 2. The second-order valence-electron chi connectivity index (χ2n) is 5.04. The summed E-state index contributed by atoms with van der Waals surface area (Å²) in [6, 6.07) is 0. The van der Waals surface area contributed by atoms with Crippen LogP contribution < -0.4 is 14.9 Å². The van der Waals surface area contributed by atoms with Crippen LogP contribution in [0.3, 0.4) is 0 Å². The Kier molecular flexibility index (Phi) is 2.09. The van der Waals surface area contributed by atoms with Crippen molar-refractivity contribution >= 4 is 5.65 Å². The SMILES string of the molecule is Cc1c(C)c(C)n2c(=O)c(C)c(C)[n+]3c2c1OC3. The van der Waals surface area contributed by atoms with E-state index in [0.717, 1.165) is 39.5 Å². The summed E-state index contributed by atoms with van der Waals surface area (Å²) in [5, 5.41) is 0. The molecule has 0 aliphatic carbocycles. The summed E-state index contributed by atoms with van der Waals surface area (Å²) in [6.45, 7) is 10.4. The Labute approximate surface area is 105 Å². The number of pyridine rings is 1. The summed E-state index contributed by atoms with van der Waals surface area (Å²) in [5.74, 6) is 0.846. The van der Waals surface area contributed by atoms with Crippen molar-refractivity contribution in [1.29, 1.82) is 0 Å². The lowest BCUT2D eigenvalue weighted by molar-refractivity contribution is -0.697. The molecule has 1 aliphatic rings. The Bertz CT molecular complexity index is 747. The highest BCUT2D eigenvalue weighted by Gasteiger charge is 2.32. The number of aryl methyl sites for hydroxylation is 1.